The van der Waals surface area contributed by atoms with Crippen molar-refractivity contribution in [3.8, 4) is 0 Å². The first kappa shape index (κ1) is 12.1. The Morgan fingerprint density at radius 2 is 1.76 bits per heavy atom. The third-order valence-electron chi connectivity index (χ3n) is 3.77. The highest BCUT2D eigenvalue weighted by molar-refractivity contribution is 5.86. The highest BCUT2D eigenvalue weighted by atomic mass is 15.0. The quantitative estimate of drug-likeness (QED) is 0.599. The number of imidazole rings is 1. The zero-order valence-corrected chi connectivity index (χ0v) is 11.8. The second-order valence-corrected chi connectivity index (χ2v) is 5.32. The number of aromatic amines is 1. The molecule has 0 radical (unpaired) electrons. The van der Waals surface area contributed by atoms with Crippen molar-refractivity contribution in [3.63, 3.8) is 0 Å². The van der Waals surface area contributed by atoms with E-state index in [2.05, 4.69) is 57.4 Å². The van der Waals surface area contributed by atoms with Crippen molar-refractivity contribution < 1.29 is 0 Å². The molecule has 0 atom stereocenters. The number of aromatic nitrogens is 3. The van der Waals surface area contributed by atoms with E-state index in [0.717, 1.165) is 29.1 Å². The van der Waals surface area contributed by atoms with Crippen LogP contribution in [-0.2, 0) is 6.42 Å². The normalized spacial score (nSPS) is 11.3. The van der Waals surface area contributed by atoms with Crippen molar-refractivity contribution in [2.24, 2.45) is 0 Å². The Bertz CT molecular complexity index is 932. The van der Waals surface area contributed by atoms with Crippen LogP contribution in [-0.4, -0.2) is 15.0 Å². The molecule has 3 nitrogen and oxygen atoms in total. The second-order valence-electron chi connectivity index (χ2n) is 5.32. The van der Waals surface area contributed by atoms with E-state index in [4.69, 9.17) is 0 Å². The van der Waals surface area contributed by atoms with Gasteiger partial charge in [-0.3, -0.25) is 0 Å². The lowest BCUT2D eigenvalue weighted by Crippen LogP contribution is -1.92. The van der Waals surface area contributed by atoms with Gasteiger partial charge in [0.25, 0.3) is 0 Å². The molecule has 102 valence electrons. The van der Waals surface area contributed by atoms with Crippen LogP contribution in [0.15, 0.2) is 54.6 Å². The number of benzene rings is 2. The summed E-state index contributed by atoms with van der Waals surface area (Å²) in [4.78, 5) is 12.4. The summed E-state index contributed by atoms with van der Waals surface area (Å²) >= 11 is 0. The zero-order valence-electron chi connectivity index (χ0n) is 11.8. The molecule has 4 aromatic rings. The largest absolute Gasteiger partial charge is 0.340 e. The van der Waals surface area contributed by atoms with Gasteiger partial charge in [-0.05, 0) is 35.4 Å². The minimum absolute atomic E-state index is 0.788. The SMILES string of the molecule is Cc1ccc2[nH]c(Cc3cccc4ccccc34)nc2n1. The summed E-state index contributed by atoms with van der Waals surface area (Å²) in [6.45, 7) is 1.98. The van der Waals surface area contributed by atoms with Crippen LogP contribution in [0, 0.1) is 6.92 Å². The molecule has 1 N–H and O–H groups in total. The van der Waals surface area contributed by atoms with Crippen molar-refractivity contribution in [2.45, 2.75) is 13.3 Å². The number of H-pyrrole nitrogens is 1. The highest BCUT2D eigenvalue weighted by Gasteiger charge is 2.07. The number of aryl methyl sites for hydroxylation is 1. The summed E-state index contributed by atoms with van der Waals surface area (Å²) in [5.41, 5.74) is 4.07. The van der Waals surface area contributed by atoms with Crippen molar-refractivity contribution in [1.29, 1.82) is 0 Å². The average Bonchev–Trinajstić information content (AvgIpc) is 2.89. The van der Waals surface area contributed by atoms with E-state index in [1.54, 1.807) is 0 Å². The van der Waals surface area contributed by atoms with Crippen LogP contribution in [0.4, 0.5) is 0 Å². The molecular formula is C18H15N3. The zero-order chi connectivity index (χ0) is 14.2. The third kappa shape index (κ3) is 2.17. The van der Waals surface area contributed by atoms with E-state index >= 15 is 0 Å². The molecule has 2 heterocycles. The van der Waals surface area contributed by atoms with Gasteiger partial charge >= 0.3 is 0 Å². The van der Waals surface area contributed by atoms with Crippen molar-refractivity contribution >= 4 is 21.9 Å². The van der Waals surface area contributed by atoms with Crippen LogP contribution < -0.4 is 0 Å². The van der Waals surface area contributed by atoms with Crippen LogP contribution >= 0.6 is 0 Å². The van der Waals surface area contributed by atoms with E-state index in [1.807, 2.05) is 19.1 Å². The summed E-state index contributed by atoms with van der Waals surface area (Å²) < 4.78 is 0. The molecule has 0 spiro atoms. The fraction of sp³-hybridized carbons (Fsp3) is 0.111. The Morgan fingerprint density at radius 3 is 2.71 bits per heavy atom. The van der Waals surface area contributed by atoms with Gasteiger partial charge in [-0.1, -0.05) is 42.5 Å². The molecule has 0 bridgehead atoms. The van der Waals surface area contributed by atoms with E-state index in [0.29, 0.717) is 0 Å². The van der Waals surface area contributed by atoms with E-state index in [1.165, 1.54) is 16.3 Å². The van der Waals surface area contributed by atoms with Crippen LogP contribution in [0.3, 0.4) is 0 Å². The van der Waals surface area contributed by atoms with Gasteiger partial charge in [0.15, 0.2) is 5.65 Å². The lowest BCUT2D eigenvalue weighted by Gasteiger charge is -2.04. The third-order valence-corrected chi connectivity index (χ3v) is 3.77. The maximum absolute atomic E-state index is 4.61. The molecule has 3 heteroatoms. The molecular weight excluding hydrogens is 258 g/mol. The van der Waals surface area contributed by atoms with Crippen molar-refractivity contribution in [2.75, 3.05) is 0 Å². The van der Waals surface area contributed by atoms with Gasteiger partial charge in [0.05, 0.1) is 5.52 Å². The molecule has 0 amide bonds. The van der Waals surface area contributed by atoms with Gasteiger partial charge in [-0.2, -0.15) is 0 Å². The minimum Gasteiger partial charge on any atom is -0.340 e. The summed E-state index contributed by atoms with van der Waals surface area (Å²) in [6.07, 6.45) is 0.788. The smallest absolute Gasteiger partial charge is 0.177 e. The monoisotopic (exact) mass is 273 g/mol. The van der Waals surface area contributed by atoms with Gasteiger partial charge < -0.3 is 4.98 Å². The summed E-state index contributed by atoms with van der Waals surface area (Å²) in [7, 11) is 0. The van der Waals surface area contributed by atoms with Gasteiger partial charge in [-0.15, -0.1) is 0 Å². The molecule has 0 saturated heterocycles. The molecule has 0 fully saturated rings. The van der Waals surface area contributed by atoms with Crippen LogP contribution in [0.2, 0.25) is 0 Å². The predicted octanol–water partition coefficient (Wildman–Crippen LogP) is 4.01. The average molecular weight is 273 g/mol. The Hall–Kier alpha value is -2.68. The summed E-state index contributed by atoms with van der Waals surface area (Å²) in [5, 5.41) is 2.55. The number of hydrogen-bond donors (Lipinski definition) is 1. The Kier molecular flexibility index (Phi) is 2.71. The summed E-state index contributed by atoms with van der Waals surface area (Å²) in [5.74, 6) is 0.958. The molecule has 0 saturated carbocycles. The predicted molar refractivity (Wildman–Crippen MR) is 85.4 cm³/mol. The molecule has 0 aliphatic rings. The summed E-state index contributed by atoms with van der Waals surface area (Å²) in [6, 6.07) is 18.9. The second kappa shape index (κ2) is 4.70. The first-order valence-corrected chi connectivity index (χ1v) is 7.08. The Labute approximate surface area is 122 Å². The molecule has 4 rings (SSSR count). The Morgan fingerprint density at radius 1 is 0.905 bits per heavy atom. The van der Waals surface area contributed by atoms with Gasteiger partial charge in [0.2, 0.25) is 0 Å². The van der Waals surface area contributed by atoms with Gasteiger partial charge in [0, 0.05) is 12.1 Å². The number of nitrogens with zero attached hydrogens (tertiary/aromatic N) is 2. The molecule has 2 aromatic carbocycles. The number of pyridine rings is 1. The number of rotatable bonds is 2. The molecule has 2 aromatic heterocycles. The maximum atomic E-state index is 4.61. The van der Waals surface area contributed by atoms with Crippen LogP contribution in [0.5, 0.6) is 0 Å². The maximum Gasteiger partial charge on any atom is 0.177 e. The fourth-order valence-electron chi connectivity index (χ4n) is 2.75. The van der Waals surface area contributed by atoms with Crippen molar-refractivity contribution in [3.05, 3.63) is 71.7 Å². The van der Waals surface area contributed by atoms with Gasteiger partial charge in [-0.25, -0.2) is 9.97 Å². The molecule has 0 aliphatic carbocycles. The lowest BCUT2D eigenvalue weighted by molar-refractivity contribution is 1.04. The number of nitrogens with one attached hydrogen (secondary N) is 1. The van der Waals surface area contributed by atoms with E-state index in [9.17, 15) is 0 Å². The number of hydrogen-bond acceptors (Lipinski definition) is 2. The van der Waals surface area contributed by atoms with E-state index < -0.39 is 0 Å². The topological polar surface area (TPSA) is 41.6 Å². The Balaban J connectivity index is 1.79. The highest BCUT2D eigenvalue weighted by Crippen LogP contribution is 2.21. The van der Waals surface area contributed by atoms with Crippen molar-refractivity contribution in [1.82, 2.24) is 15.0 Å². The minimum atomic E-state index is 0.788. The van der Waals surface area contributed by atoms with Crippen LogP contribution in [0.1, 0.15) is 17.1 Å². The first-order valence-electron chi connectivity index (χ1n) is 7.08. The first-order chi connectivity index (χ1) is 10.3. The molecule has 0 unspecified atom stereocenters. The van der Waals surface area contributed by atoms with Crippen LogP contribution in [0.25, 0.3) is 21.9 Å². The number of fused-ring (bicyclic) bond motifs is 2. The van der Waals surface area contributed by atoms with E-state index in [-0.39, 0.29) is 0 Å². The lowest BCUT2D eigenvalue weighted by atomic mass is 10.0. The fourth-order valence-corrected chi connectivity index (χ4v) is 2.75. The molecule has 21 heavy (non-hydrogen) atoms. The standard InChI is InChI=1S/C18H15N3/c1-12-9-10-16-18(19-12)21-17(20-16)11-14-7-4-6-13-5-2-3-8-15(13)14/h2-10H,11H2,1H3,(H,19,20,21). The van der Waals surface area contributed by atoms with Gasteiger partial charge in [0.1, 0.15) is 5.82 Å². The molecule has 0 aliphatic heterocycles.